The fourth-order valence-electron chi connectivity index (χ4n) is 3.34. The number of halogens is 2. The van der Waals surface area contributed by atoms with Crippen LogP contribution in [0.25, 0.3) is 5.69 Å². The van der Waals surface area contributed by atoms with Crippen molar-refractivity contribution in [3.05, 3.63) is 59.9 Å². The molecule has 1 atom stereocenters. The molecule has 2 aromatic heterocycles. The lowest BCUT2D eigenvalue weighted by Gasteiger charge is -2.29. The van der Waals surface area contributed by atoms with Crippen LogP contribution in [0, 0.1) is 0 Å². The summed E-state index contributed by atoms with van der Waals surface area (Å²) in [5.74, 6) is -2.16. The zero-order chi connectivity index (χ0) is 23.3. The lowest BCUT2D eigenvalue weighted by Crippen LogP contribution is -2.39. The van der Waals surface area contributed by atoms with Crippen molar-refractivity contribution in [1.82, 2.24) is 29.9 Å². The monoisotopic (exact) mass is 444 g/mol. The number of rotatable bonds is 9. The first-order chi connectivity index (χ1) is 15.2. The van der Waals surface area contributed by atoms with Gasteiger partial charge in [-0.1, -0.05) is 0 Å². The van der Waals surface area contributed by atoms with Crippen LogP contribution >= 0.6 is 0 Å². The van der Waals surface area contributed by atoms with E-state index < -0.39 is 5.92 Å². The summed E-state index contributed by atoms with van der Waals surface area (Å²) >= 11 is 0. The second-order valence-corrected chi connectivity index (χ2v) is 7.46. The number of benzene rings is 1. The van der Waals surface area contributed by atoms with Gasteiger partial charge in [0, 0.05) is 38.3 Å². The van der Waals surface area contributed by atoms with E-state index in [9.17, 15) is 13.6 Å². The zero-order valence-corrected chi connectivity index (χ0v) is 18.5. The van der Waals surface area contributed by atoms with Gasteiger partial charge in [-0.15, -0.1) is 0 Å². The van der Waals surface area contributed by atoms with Crippen LogP contribution < -0.4 is 4.74 Å². The van der Waals surface area contributed by atoms with Crippen LogP contribution in [-0.4, -0.2) is 55.5 Å². The Balaban J connectivity index is 1.77. The predicted octanol–water partition coefficient (Wildman–Crippen LogP) is 3.66. The maximum absolute atomic E-state index is 13.5. The van der Waals surface area contributed by atoms with Crippen LogP contribution in [0.4, 0.5) is 8.78 Å². The third-order valence-electron chi connectivity index (χ3n) is 5.20. The highest BCUT2D eigenvalue weighted by molar-refractivity contribution is 5.98. The molecule has 0 spiro atoms. The van der Waals surface area contributed by atoms with Gasteiger partial charge in [0.1, 0.15) is 11.6 Å². The molecule has 1 aromatic carbocycles. The van der Waals surface area contributed by atoms with E-state index in [-0.39, 0.29) is 17.5 Å². The smallest absolute Gasteiger partial charge is 0.273 e. The highest BCUT2D eigenvalue weighted by atomic mass is 19.3. The highest BCUT2D eigenvalue weighted by Crippen LogP contribution is 2.26. The van der Waals surface area contributed by atoms with Gasteiger partial charge in [-0.2, -0.15) is 15.0 Å². The number of methoxy groups -OCH3 is 1. The maximum Gasteiger partial charge on any atom is 0.273 e. The van der Waals surface area contributed by atoms with Crippen molar-refractivity contribution in [3.8, 4) is 11.4 Å². The molecule has 0 aliphatic rings. The van der Waals surface area contributed by atoms with Gasteiger partial charge in [-0.05, 0) is 38.5 Å². The third kappa shape index (κ3) is 5.24. The first-order valence-electron chi connectivity index (χ1n) is 10.3. The van der Waals surface area contributed by atoms with Gasteiger partial charge in [-0.3, -0.25) is 4.79 Å². The average Bonchev–Trinajstić information content (AvgIpc) is 3.32. The Morgan fingerprint density at radius 3 is 2.44 bits per heavy atom. The Labute approximate surface area is 185 Å². The van der Waals surface area contributed by atoms with Crippen molar-refractivity contribution in [2.75, 3.05) is 13.7 Å². The van der Waals surface area contributed by atoms with Crippen LogP contribution in [0.1, 0.15) is 48.9 Å². The van der Waals surface area contributed by atoms with Gasteiger partial charge in [0.25, 0.3) is 11.8 Å². The molecule has 0 saturated heterocycles. The van der Waals surface area contributed by atoms with Crippen LogP contribution in [0.3, 0.4) is 0 Å². The number of hydrogen-bond donors (Lipinski definition) is 0. The number of carbonyl (C=O) groups is 1. The van der Waals surface area contributed by atoms with E-state index in [2.05, 4.69) is 20.2 Å². The normalized spacial score (nSPS) is 12.4. The van der Waals surface area contributed by atoms with E-state index in [0.717, 1.165) is 19.3 Å². The summed E-state index contributed by atoms with van der Waals surface area (Å²) in [5, 5.41) is 8.28. The first-order valence-corrected chi connectivity index (χ1v) is 10.3. The fraction of sp³-hybridized carbons (Fsp3) is 0.409. The summed E-state index contributed by atoms with van der Waals surface area (Å²) in [5.41, 5.74) is 0.739. The Hall–Kier alpha value is -3.43. The molecule has 0 N–H and O–H groups in total. The lowest BCUT2D eigenvalue weighted by atomic mass is 10.1. The molecular formula is C22H26F2N6O2. The van der Waals surface area contributed by atoms with Gasteiger partial charge in [0.05, 0.1) is 36.3 Å². The maximum atomic E-state index is 13.5. The minimum Gasteiger partial charge on any atom is -0.497 e. The highest BCUT2D eigenvalue weighted by Gasteiger charge is 2.26. The quantitative estimate of drug-likeness (QED) is 0.501. The predicted molar refractivity (Wildman–Crippen MR) is 114 cm³/mol. The minimum absolute atomic E-state index is 0.145. The van der Waals surface area contributed by atoms with E-state index in [4.69, 9.17) is 4.74 Å². The Morgan fingerprint density at radius 1 is 1.22 bits per heavy atom. The Kier molecular flexibility index (Phi) is 7.12. The second-order valence-electron chi connectivity index (χ2n) is 7.46. The van der Waals surface area contributed by atoms with Gasteiger partial charge in [0.2, 0.25) is 0 Å². The summed E-state index contributed by atoms with van der Waals surface area (Å²) < 4.78 is 32.0. The molecule has 1 amide bonds. The summed E-state index contributed by atoms with van der Waals surface area (Å²) in [6, 6.07) is 5.01. The molecule has 0 aliphatic heterocycles. The SMILES string of the molecule is CCN(C(=O)c1cc(OC)ccc1-n1nccn1)[C@@H](C)CCc1ncc(C(C)(F)F)cn1. The van der Waals surface area contributed by atoms with Crippen LogP contribution in [-0.2, 0) is 12.3 Å². The van der Waals surface area contributed by atoms with Crippen LogP contribution in [0.5, 0.6) is 5.75 Å². The number of aromatic nitrogens is 5. The molecule has 8 nitrogen and oxygen atoms in total. The standard InChI is InChI=1S/C22H26F2N6O2/c1-5-29(15(2)6-9-20-25-13-16(14-26-20)22(3,23)24)21(31)18-12-17(32-4)7-8-19(18)30-27-10-11-28-30/h7-8,10-15H,5-6,9H2,1-4H3/t15-/m0/s1. The average molecular weight is 444 g/mol. The van der Waals surface area contributed by atoms with Crippen molar-refractivity contribution in [3.63, 3.8) is 0 Å². The van der Waals surface area contributed by atoms with Crippen molar-refractivity contribution >= 4 is 5.91 Å². The van der Waals surface area contributed by atoms with Gasteiger partial charge < -0.3 is 9.64 Å². The molecule has 10 heteroatoms. The first kappa shape index (κ1) is 23.2. The van der Waals surface area contributed by atoms with Crippen molar-refractivity contribution < 1.29 is 18.3 Å². The molecule has 3 aromatic rings. The molecule has 0 radical (unpaired) electrons. The van der Waals surface area contributed by atoms with Gasteiger partial charge in [-0.25, -0.2) is 18.7 Å². The third-order valence-corrected chi connectivity index (χ3v) is 5.20. The molecule has 3 rings (SSSR count). The van der Waals surface area contributed by atoms with E-state index in [0.29, 0.717) is 42.2 Å². The largest absolute Gasteiger partial charge is 0.497 e. The van der Waals surface area contributed by atoms with Crippen molar-refractivity contribution in [2.24, 2.45) is 0 Å². The Morgan fingerprint density at radius 2 is 1.88 bits per heavy atom. The fourth-order valence-corrected chi connectivity index (χ4v) is 3.34. The Bertz CT molecular complexity index is 1040. The summed E-state index contributed by atoms with van der Waals surface area (Å²) in [4.78, 5) is 24.7. The summed E-state index contributed by atoms with van der Waals surface area (Å²) in [6.07, 6.45) is 6.40. The molecule has 2 heterocycles. The van der Waals surface area contributed by atoms with E-state index in [1.54, 1.807) is 35.5 Å². The number of amides is 1. The van der Waals surface area contributed by atoms with Crippen molar-refractivity contribution in [1.29, 1.82) is 0 Å². The number of carbonyl (C=O) groups excluding carboxylic acids is 1. The number of ether oxygens (including phenoxy) is 1. The van der Waals surface area contributed by atoms with E-state index in [1.165, 1.54) is 11.9 Å². The zero-order valence-electron chi connectivity index (χ0n) is 18.5. The second kappa shape index (κ2) is 9.80. The number of nitrogens with zero attached hydrogens (tertiary/aromatic N) is 6. The molecule has 0 aliphatic carbocycles. The summed E-state index contributed by atoms with van der Waals surface area (Å²) in [6.45, 7) is 5.12. The van der Waals surface area contributed by atoms with E-state index >= 15 is 0 Å². The molecule has 0 fully saturated rings. The number of hydrogen-bond acceptors (Lipinski definition) is 6. The summed E-state index contributed by atoms with van der Waals surface area (Å²) in [7, 11) is 1.54. The van der Waals surface area contributed by atoms with Crippen molar-refractivity contribution in [2.45, 2.75) is 45.6 Å². The van der Waals surface area contributed by atoms with Gasteiger partial charge >= 0.3 is 0 Å². The molecule has 0 unspecified atom stereocenters. The topological polar surface area (TPSA) is 86.0 Å². The van der Waals surface area contributed by atoms with E-state index in [1.807, 2.05) is 13.8 Å². The van der Waals surface area contributed by atoms with Gasteiger partial charge in [0.15, 0.2) is 0 Å². The minimum atomic E-state index is -2.98. The number of aryl methyl sites for hydroxylation is 1. The van der Waals surface area contributed by atoms with Crippen LogP contribution in [0.2, 0.25) is 0 Å². The molecular weight excluding hydrogens is 418 g/mol. The molecule has 0 saturated carbocycles. The molecule has 170 valence electrons. The molecule has 0 bridgehead atoms. The number of alkyl halides is 2. The van der Waals surface area contributed by atoms with Crippen LogP contribution in [0.15, 0.2) is 43.0 Å². The molecule has 32 heavy (non-hydrogen) atoms. The lowest BCUT2D eigenvalue weighted by molar-refractivity contribution is 0.0166.